The highest BCUT2D eigenvalue weighted by Gasteiger charge is 2.31. The number of hydrogen-bond donors (Lipinski definition) is 0. The average molecular weight is 445 g/mol. The number of anilines is 1. The molecule has 0 spiro atoms. The zero-order valence-electron chi connectivity index (χ0n) is 11.8. The van der Waals surface area contributed by atoms with E-state index in [1.54, 1.807) is 28.9 Å². The number of rotatable bonds is 3. The van der Waals surface area contributed by atoms with Crippen LogP contribution in [0.25, 0.3) is 10.2 Å². The summed E-state index contributed by atoms with van der Waals surface area (Å²) < 4.78 is 29.5. The van der Waals surface area contributed by atoms with Gasteiger partial charge < -0.3 is 0 Å². The van der Waals surface area contributed by atoms with E-state index < -0.39 is 11.8 Å². The number of hydrogen-bond acceptors (Lipinski definition) is 4. The van der Waals surface area contributed by atoms with Gasteiger partial charge in [-0.05, 0) is 17.5 Å². The molecular weight excluding hydrogens is 435 g/mol. The lowest BCUT2D eigenvalue weighted by Crippen LogP contribution is -2.25. The molecule has 0 saturated heterocycles. The van der Waals surface area contributed by atoms with Crippen molar-refractivity contribution >= 4 is 56.1 Å². The molecule has 3 aromatic rings. The zero-order chi connectivity index (χ0) is 16.6. The van der Waals surface area contributed by atoms with Crippen LogP contribution in [0.2, 0.25) is 0 Å². The second-order valence-electron chi connectivity index (χ2n) is 4.85. The van der Waals surface area contributed by atoms with Crippen molar-refractivity contribution in [3.8, 4) is 0 Å². The molecule has 118 valence electrons. The van der Waals surface area contributed by atoms with E-state index in [4.69, 9.17) is 0 Å². The highest BCUT2D eigenvalue weighted by Crippen LogP contribution is 2.34. The van der Waals surface area contributed by atoms with Gasteiger partial charge in [0, 0.05) is 18.1 Å². The number of thiophene rings is 1. The van der Waals surface area contributed by atoms with Gasteiger partial charge in [-0.1, -0.05) is 18.2 Å². The molecule has 0 unspecified atom stereocenters. The van der Waals surface area contributed by atoms with E-state index in [0.29, 0.717) is 11.3 Å². The van der Waals surface area contributed by atoms with Crippen molar-refractivity contribution in [1.29, 1.82) is 0 Å². The minimum absolute atomic E-state index is 0.0438. The average Bonchev–Trinajstić information content (AvgIpc) is 3.01. The number of carbonyl (C=O) groups is 1. The number of halogens is 3. The Hall–Kier alpha value is -1.68. The first-order valence-corrected chi connectivity index (χ1v) is 8.40. The van der Waals surface area contributed by atoms with Gasteiger partial charge in [0.05, 0.1) is 33.1 Å². The molecule has 0 atom stereocenters. The topological polar surface area (TPSA) is 46.1 Å². The number of fused-ring (bicyclic) bond motifs is 1. The molecule has 1 aromatic carbocycles. The molecule has 23 heavy (non-hydrogen) atoms. The first-order chi connectivity index (χ1) is 10.9. The van der Waals surface area contributed by atoms with Crippen LogP contribution in [0.15, 0.2) is 42.0 Å². The van der Waals surface area contributed by atoms with E-state index in [9.17, 15) is 13.6 Å². The summed E-state index contributed by atoms with van der Waals surface area (Å²) in [7, 11) is 0. The van der Waals surface area contributed by atoms with Gasteiger partial charge in [-0.25, -0.2) is 21.9 Å². The summed E-state index contributed by atoms with van der Waals surface area (Å²) in [4.78, 5) is 20.9. The molecule has 0 bridgehead atoms. The van der Waals surface area contributed by atoms with Crippen molar-refractivity contribution in [2.45, 2.75) is 12.8 Å². The summed E-state index contributed by atoms with van der Waals surface area (Å²) in [5.74, 6) is -3.26. The van der Waals surface area contributed by atoms with E-state index in [0.717, 1.165) is 11.6 Å². The number of alkyl halides is 2. The van der Waals surface area contributed by atoms with Gasteiger partial charge in [0.15, 0.2) is 5.82 Å². The molecule has 3 rings (SSSR count). The fourth-order valence-corrected chi connectivity index (χ4v) is 3.78. The van der Waals surface area contributed by atoms with Crippen LogP contribution in [0, 0.1) is 0 Å². The number of aromatic nitrogens is 2. The molecule has 2 heterocycles. The fraction of sp³-hybridized carbons (Fsp3) is 0.133. The predicted molar refractivity (Wildman–Crippen MR) is 94.3 cm³/mol. The standard InChI is InChI=1S/C15H10F2IN3OS/c1-15(16,17)10-5-3-2-4-9(10)14(22)21(18)13-12-11(6-7-23-12)19-8-20-13/h2-8H,1H3. The Balaban J connectivity index is 2.06. The van der Waals surface area contributed by atoms with Crippen LogP contribution in [-0.2, 0) is 5.92 Å². The quantitative estimate of drug-likeness (QED) is 0.430. The fourth-order valence-electron chi connectivity index (χ4n) is 2.17. The largest absolute Gasteiger partial charge is 0.271 e. The van der Waals surface area contributed by atoms with E-state index in [2.05, 4.69) is 9.97 Å². The Morgan fingerprint density at radius 2 is 2.00 bits per heavy atom. The molecule has 0 fully saturated rings. The van der Waals surface area contributed by atoms with Crippen molar-refractivity contribution in [1.82, 2.24) is 9.97 Å². The van der Waals surface area contributed by atoms with Gasteiger partial charge >= 0.3 is 0 Å². The van der Waals surface area contributed by atoms with Crippen LogP contribution in [0.5, 0.6) is 0 Å². The highest BCUT2D eigenvalue weighted by molar-refractivity contribution is 14.1. The Bertz CT molecular complexity index is 878. The van der Waals surface area contributed by atoms with Crippen LogP contribution in [0.1, 0.15) is 22.8 Å². The van der Waals surface area contributed by atoms with Crippen molar-refractivity contribution in [2.75, 3.05) is 3.11 Å². The summed E-state index contributed by atoms with van der Waals surface area (Å²) >= 11 is 3.18. The smallest absolute Gasteiger partial charge is 0.268 e. The maximum Gasteiger partial charge on any atom is 0.271 e. The van der Waals surface area contributed by atoms with E-state index >= 15 is 0 Å². The van der Waals surface area contributed by atoms with Crippen LogP contribution < -0.4 is 3.11 Å². The zero-order valence-corrected chi connectivity index (χ0v) is 14.8. The third-order valence-electron chi connectivity index (χ3n) is 3.22. The first-order valence-electron chi connectivity index (χ1n) is 6.55. The van der Waals surface area contributed by atoms with Gasteiger partial charge in [-0.2, -0.15) is 0 Å². The lowest BCUT2D eigenvalue weighted by molar-refractivity contribution is 0.0165. The number of carbonyl (C=O) groups excluding carboxylic acids is 1. The molecule has 0 aliphatic rings. The summed E-state index contributed by atoms with van der Waals surface area (Å²) in [6.07, 6.45) is 1.35. The molecule has 8 heteroatoms. The summed E-state index contributed by atoms with van der Waals surface area (Å²) in [6, 6.07) is 7.52. The SMILES string of the molecule is CC(F)(F)c1ccccc1C(=O)N(I)c1ncnc2ccsc12. The van der Waals surface area contributed by atoms with Crippen molar-refractivity contribution < 1.29 is 13.6 Å². The van der Waals surface area contributed by atoms with Gasteiger partial charge in [0.25, 0.3) is 11.8 Å². The number of amides is 1. The maximum atomic E-state index is 13.7. The van der Waals surface area contributed by atoms with Crippen LogP contribution in [0.3, 0.4) is 0 Å². The first kappa shape index (κ1) is 16.2. The Kier molecular flexibility index (Phi) is 4.28. The Morgan fingerprint density at radius 1 is 1.26 bits per heavy atom. The predicted octanol–water partition coefficient (Wildman–Crippen LogP) is 4.80. The monoisotopic (exact) mass is 445 g/mol. The van der Waals surface area contributed by atoms with Crippen LogP contribution in [-0.4, -0.2) is 15.9 Å². The van der Waals surface area contributed by atoms with Gasteiger partial charge in [0.2, 0.25) is 0 Å². The van der Waals surface area contributed by atoms with Gasteiger partial charge in [0.1, 0.15) is 6.33 Å². The number of benzene rings is 1. The van der Waals surface area contributed by atoms with Crippen LogP contribution in [0.4, 0.5) is 14.6 Å². The lowest BCUT2D eigenvalue weighted by Gasteiger charge is -2.19. The molecule has 0 N–H and O–H groups in total. The van der Waals surface area contributed by atoms with Gasteiger partial charge in [-0.3, -0.25) is 4.79 Å². The van der Waals surface area contributed by atoms with Crippen molar-refractivity contribution in [2.24, 2.45) is 0 Å². The Labute approximate surface area is 148 Å². The minimum atomic E-state index is -3.10. The second-order valence-corrected chi connectivity index (χ2v) is 6.73. The molecule has 0 aliphatic heterocycles. The Morgan fingerprint density at radius 3 is 2.74 bits per heavy atom. The highest BCUT2D eigenvalue weighted by atomic mass is 127. The second kappa shape index (κ2) is 6.08. The minimum Gasteiger partial charge on any atom is -0.268 e. The number of nitrogens with zero attached hydrogens (tertiary/aromatic N) is 3. The molecular formula is C15H10F2IN3OS. The molecule has 2 aromatic heterocycles. The lowest BCUT2D eigenvalue weighted by atomic mass is 10.0. The van der Waals surface area contributed by atoms with E-state index in [1.165, 1.54) is 39.0 Å². The van der Waals surface area contributed by atoms with E-state index in [-0.39, 0.29) is 11.1 Å². The third-order valence-corrected chi connectivity index (χ3v) is 5.01. The summed E-state index contributed by atoms with van der Waals surface area (Å²) in [6.45, 7) is 0.777. The normalized spacial score (nSPS) is 11.7. The molecule has 0 saturated carbocycles. The van der Waals surface area contributed by atoms with Gasteiger partial charge in [-0.15, -0.1) is 11.3 Å². The third kappa shape index (κ3) is 3.05. The van der Waals surface area contributed by atoms with Crippen LogP contribution >= 0.6 is 34.2 Å². The summed E-state index contributed by atoms with van der Waals surface area (Å²) in [5.41, 5.74) is 0.365. The molecule has 0 radical (unpaired) electrons. The summed E-state index contributed by atoms with van der Waals surface area (Å²) in [5, 5.41) is 1.84. The molecule has 4 nitrogen and oxygen atoms in total. The van der Waals surface area contributed by atoms with Crippen molar-refractivity contribution in [3.63, 3.8) is 0 Å². The van der Waals surface area contributed by atoms with Crippen molar-refractivity contribution in [3.05, 3.63) is 53.2 Å². The maximum absolute atomic E-state index is 13.7. The molecule has 1 amide bonds. The van der Waals surface area contributed by atoms with E-state index in [1.807, 2.05) is 11.4 Å². The molecule has 0 aliphatic carbocycles.